The van der Waals surface area contributed by atoms with Crippen molar-refractivity contribution < 1.29 is 14.6 Å². The molecule has 0 aliphatic carbocycles. The number of carbonyl (C=O) groups is 1. The van der Waals surface area contributed by atoms with Crippen molar-refractivity contribution >= 4 is 6.03 Å². The number of amides is 2. The van der Waals surface area contributed by atoms with Crippen LogP contribution >= 0.6 is 0 Å². The number of nitrogens with zero attached hydrogens (tertiary/aromatic N) is 1. The van der Waals surface area contributed by atoms with Gasteiger partial charge in [-0.2, -0.15) is 0 Å². The number of aliphatic hydroxyl groups excluding tert-OH is 1. The maximum absolute atomic E-state index is 12.5. The molecule has 2 unspecified atom stereocenters. The van der Waals surface area contributed by atoms with E-state index in [4.69, 9.17) is 9.84 Å². The van der Waals surface area contributed by atoms with Crippen LogP contribution in [-0.2, 0) is 0 Å². The standard InChI is InChI=1S/C17H26N2O3/c1-13(7-6-12-20)18-17(21)19-11-5-9-15(19)14-8-3-4-10-16(14)22-2/h3-4,8,10,13,15,20H,5-7,9,11-12H2,1-2H3,(H,18,21). The minimum Gasteiger partial charge on any atom is -0.496 e. The van der Waals surface area contributed by atoms with Crippen LogP contribution in [0.1, 0.15) is 44.2 Å². The molecule has 2 amide bonds. The molecule has 0 radical (unpaired) electrons. The van der Waals surface area contributed by atoms with E-state index in [-0.39, 0.29) is 24.7 Å². The van der Waals surface area contributed by atoms with Crippen molar-refractivity contribution in [2.24, 2.45) is 0 Å². The molecule has 1 aromatic carbocycles. The smallest absolute Gasteiger partial charge is 0.318 e. The lowest BCUT2D eigenvalue weighted by molar-refractivity contribution is 0.187. The molecule has 2 rings (SSSR count). The highest BCUT2D eigenvalue weighted by Crippen LogP contribution is 2.36. The minimum absolute atomic E-state index is 0.0288. The average Bonchev–Trinajstić information content (AvgIpc) is 3.02. The molecule has 1 aliphatic heterocycles. The number of urea groups is 1. The van der Waals surface area contributed by atoms with Gasteiger partial charge in [-0.05, 0) is 38.7 Å². The Morgan fingerprint density at radius 1 is 1.50 bits per heavy atom. The molecule has 5 heteroatoms. The summed E-state index contributed by atoms with van der Waals surface area (Å²) in [5, 5.41) is 11.9. The van der Waals surface area contributed by atoms with Gasteiger partial charge >= 0.3 is 6.03 Å². The molecule has 5 nitrogen and oxygen atoms in total. The van der Waals surface area contributed by atoms with Gasteiger partial charge in [0.2, 0.25) is 0 Å². The number of benzene rings is 1. The molecule has 122 valence electrons. The zero-order valence-electron chi connectivity index (χ0n) is 13.4. The van der Waals surface area contributed by atoms with E-state index in [1.807, 2.05) is 36.1 Å². The van der Waals surface area contributed by atoms with Gasteiger partial charge in [-0.1, -0.05) is 18.2 Å². The van der Waals surface area contributed by atoms with Gasteiger partial charge in [0.05, 0.1) is 13.2 Å². The number of likely N-dealkylation sites (tertiary alicyclic amines) is 1. The van der Waals surface area contributed by atoms with E-state index < -0.39 is 0 Å². The molecule has 2 N–H and O–H groups in total. The number of carbonyl (C=O) groups excluding carboxylic acids is 1. The molecule has 0 spiro atoms. The van der Waals surface area contributed by atoms with E-state index in [1.54, 1.807) is 7.11 Å². The number of hydrogen-bond acceptors (Lipinski definition) is 3. The average molecular weight is 306 g/mol. The fourth-order valence-corrected chi connectivity index (χ4v) is 3.04. The lowest BCUT2D eigenvalue weighted by Crippen LogP contribution is -2.43. The summed E-state index contributed by atoms with van der Waals surface area (Å²) in [5.41, 5.74) is 1.07. The SMILES string of the molecule is COc1ccccc1C1CCCN1C(=O)NC(C)CCCO. The van der Waals surface area contributed by atoms with Gasteiger partial charge in [0.15, 0.2) is 0 Å². The van der Waals surface area contributed by atoms with Gasteiger partial charge in [0.25, 0.3) is 0 Å². The first-order valence-electron chi connectivity index (χ1n) is 7.98. The third-order valence-electron chi connectivity index (χ3n) is 4.18. The normalized spacial score (nSPS) is 19.0. The molecule has 0 saturated carbocycles. The fraction of sp³-hybridized carbons (Fsp3) is 0.588. The Kier molecular flexibility index (Phi) is 6.07. The van der Waals surface area contributed by atoms with Gasteiger partial charge < -0.3 is 20.1 Å². The Balaban J connectivity index is 2.05. The predicted molar refractivity (Wildman–Crippen MR) is 86.0 cm³/mol. The Labute approximate surface area is 132 Å². The van der Waals surface area contributed by atoms with Gasteiger partial charge in [0, 0.05) is 24.8 Å². The largest absolute Gasteiger partial charge is 0.496 e. The highest BCUT2D eigenvalue weighted by atomic mass is 16.5. The highest BCUT2D eigenvalue weighted by molar-refractivity contribution is 5.75. The first-order chi connectivity index (χ1) is 10.7. The Morgan fingerprint density at radius 3 is 3.00 bits per heavy atom. The molecule has 22 heavy (non-hydrogen) atoms. The molecule has 1 saturated heterocycles. The summed E-state index contributed by atoms with van der Waals surface area (Å²) in [4.78, 5) is 14.4. The number of rotatable bonds is 6. The number of ether oxygens (including phenoxy) is 1. The van der Waals surface area contributed by atoms with Gasteiger partial charge in [0.1, 0.15) is 5.75 Å². The maximum atomic E-state index is 12.5. The lowest BCUT2D eigenvalue weighted by atomic mass is 10.0. The van der Waals surface area contributed by atoms with E-state index in [2.05, 4.69) is 5.32 Å². The number of methoxy groups -OCH3 is 1. The second-order valence-corrected chi connectivity index (χ2v) is 5.81. The Hall–Kier alpha value is -1.75. The van der Waals surface area contributed by atoms with Crippen LogP contribution in [0.3, 0.4) is 0 Å². The van der Waals surface area contributed by atoms with Crippen molar-refractivity contribution in [3.63, 3.8) is 0 Å². The van der Waals surface area contributed by atoms with Crippen molar-refractivity contribution in [2.45, 2.75) is 44.7 Å². The molecular formula is C17H26N2O3. The third-order valence-corrected chi connectivity index (χ3v) is 4.18. The third kappa shape index (κ3) is 3.91. The van der Waals surface area contributed by atoms with E-state index in [0.29, 0.717) is 6.42 Å². The summed E-state index contributed by atoms with van der Waals surface area (Å²) in [6.07, 6.45) is 3.45. The number of para-hydroxylation sites is 1. The van der Waals surface area contributed by atoms with Crippen LogP contribution in [0, 0.1) is 0 Å². The predicted octanol–water partition coefficient (Wildman–Crippen LogP) is 2.70. The Bertz CT molecular complexity index is 493. The van der Waals surface area contributed by atoms with Crippen LogP contribution in [0.25, 0.3) is 0 Å². The molecule has 0 aromatic heterocycles. The molecule has 1 aromatic rings. The molecule has 0 bridgehead atoms. The molecule has 1 heterocycles. The van der Waals surface area contributed by atoms with Crippen LogP contribution in [0.15, 0.2) is 24.3 Å². The quantitative estimate of drug-likeness (QED) is 0.849. The van der Waals surface area contributed by atoms with Crippen molar-refractivity contribution in [1.82, 2.24) is 10.2 Å². The van der Waals surface area contributed by atoms with Crippen LogP contribution < -0.4 is 10.1 Å². The van der Waals surface area contributed by atoms with Crippen molar-refractivity contribution in [3.8, 4) is 5.75 Å². The maximum Gasteiger partial charge on any atom is 0.318 e. The van der Waals surface area contributed by atoms with Crippen molar-refractivity contribution in [1.29, 1.82) is 0 Å². The zero-order valence-corrected chi connectivity index (χ0v) is 13.4. The Morgan fingerprint density at radius 2 is 2.27 bits per heavy atom. The first-order valence-corrected chi connectivity index (χ1v) is 7.98. The van der Waals surface area contributed by atoms with Gasteiger partial charge in [-0.3, -0.25) is 0 Å². The zero-order chi connectivity index (χ0) is 15.9. The summed E-state index contributed by atoms with van der Waals surface area (Å²) < 4.78 is 5.43. The molecular weight excluding hydrogens is 280 g/mol. The number of hydrogen-bond donors (Lipinski definition) is 2. The van der Waals surface area contributed by atoms with Gasteiger partial charge in [-0.15, -0.1) is 0 Å². The highest BCUT2D eigenvalue weighted by Gasteiger charge is 2.32. The van der Waals surface area contributed by atoms with E-state index in [0.717, 1.165) is 37.1 Å². The minimum atomic E-state index is -0.0288. The molecule has 1 aliphatic rings. The van der Waals surface area contributed by atoms with Gasteiger partial charge in [-0.25, -0.2) is 4.79 Å². The van der Waals surface area contributed by atoms with E-state index in [1.165, 1.54) is 0 Å². The van der Waals surface area contributed by atoms with Crippen LogP contribution in [0.2, 0.25) is 0 Å². The summed E-state index contributed by atoms with van der Waals surface area (Å²) >= 11 is 0. The fourth-order valence-electron chi connectivity index (χ4n) is 3.04. The van der Waals surface area contributed by atoms with E-state index in [9.17, 15) is 4.79 Å². The summed E-state index contributed by atoms with van der Waals surface area (Å²) in [7, 11) is 1.66. The second-order valence-electron chi connectivity index (χ2n) is 5.81. The van der Waals surface area contributed by atoms with Crippen LogP contribution in [0.5, 0.6) is 5.75 Å². The summed E-state index contributed by atoms with van der Waals surface area (Å²) in [5.74, 6) is 0.834. The second kappa shape index (κ2) is 8.03. The monoisotopic (exact) mass is 306 g/mol. The first kappa shape index (κ1) is 16.6. The number of nitrogens with one attached hydrogen (secondary N) is 1. The van der Waals surface area contributed by atoms with Crippen molar-refractivity contribution in [3.05, 3.63) is 29.8 Å². The van der Waals surface area contributed by atoms with Crippen LogP contribution in [-0.4, -0.2) is 42.3 Å². The summed E-state index contributed by atoms with van der Waals surface area (Å²) in [6, 6.07) is 8.01. The van der Waals surface area contributed by atoms with E-state index >= 15 is 0 Å². The van der Waals surface area contributed by atoms with Crippen molar-refractivity contribution in [2.75, 3.05) is 20.3 Å². The molecule has 2 atom stereocenters. The van der Waals surface area contributed by atoms with Crippen LogP contribution in [0.4, 0.5) is 4.79 Å². The lowest BCUT2D eigenvalue weighted by Gasteiger charge is -2.28. The number of aliphatic hydroxyl groups is 1. The summed E-state index contributed by atoms with van der Waals surface area (Å²) in [6.45, 7) is 2.90. The topological polar surface area (TPSA) is 61.8 Å². The molecule has 1 fully saturated rings.